The lowest BCUT2D eigenvalue weighted by molar-refractivity contribution is -0.136. The Labute approximate surface area is 127 Å². The van der Waals surface area contributed by atoms with Crippen LogP contribution < -0.4 is 15.5 Å². The molecular formula is C16H15N3O3. The topological polar surface area (TPSA) is 79.8 Å². The fraction of sp³-hybridized carbons (Fsp3) is 0.0625. The van der Waals surface area contributed by atoms with Gasteiger partial charge in [-0.15, -0.1) is 0 Å². The molecule has 2 amide bonds. The Bertz CT molecular complexity index is 684. The van der Waals surface area contributed by atoms with E-state index in [0.29, 0.717) is 11.4 Å². The van der Waals surface area contributed by atoms with Gasteiger partial charge in [-0.3, -0.25) is 9.59 Å². The molecule has 6 heteroatoms. The number of nitrogens with zero attached hydrogens (tertiary/aromatic N) is 1. The van der Waals surface area contributed by atoms with Crippen molar-refractivity contribution < 1.29 is 14.3 Å². The molecule has 0 aromatic heterocycles. The summed E-state index contributed by atoms with van der Waals surface area (Å²) in [4.78, 5) is 23.2. The number of para-hydroxylation sites is 1. The smallest absolute Gasteiger partial charge is 0.329 e. The minimum atomic E-state index is -0.844. The summed E-state index contributed by atoms with van der Waals surface area (Å²) in [5, 5.41) is 6.20. The van der Waals surface area contributed by atoms with E-state index in [1.165, 1.54) is 6.21 Å². The molecule has 0 unspecified atom stereocenters. The van der Waals surface area contributed by atoms with Gasteiger partial charge in [0.05, 0.1) is 13.3 Å². The van der Waals surface area contributed by atoms with Gasteiger partial charge in [-0.1, -0.05) is 30.3 Å². The van der Waals surface area contributed by atoms with E-state index in [0.717, 1.165) is 5.56 Å². The van der Waals surface area contributed by atoms with Crippen molar-refractivity contribution in [1.29, 1.82) is 0 Å². The normalized spacial score (nSPS) is 10.2. The molecule has 22 heavy (non-hydrogen) atoms. The summed E-state index contributed by atoms with van der Waals surface area (Å²) in [6.07, 6.45) is 1.43. The van der Waals surface area contributed by atoms with Gasteiger partial charge in [0, 0.05) is 5.69 Å². The van der Waals surface area contributed by atoms with Crippen molar-refractivity contribution in [3.8, 4) is 5.75 Å². The first-order valence-corrected chi connectivity index (χ1v) is 6.52. The van der Waals surface area contributed by atoms with Crippen molar-refractivity contribution in [2.45, 2.75) is 0 Å². The Morgan fingerprint density at radius 3 is 2.55 bits per heavy atom. The molecule has 0 saturated carbocycles. The van der Waals surface area contributed by atoms with E-state index in [4.69, 9.17) is 4.74 Å². The molecule has 0 heterocycles. The maximum Gasteiger partial charge on any atom is 0.329 e. The molecule has 0 atom stereocenters. The minimum absolute atomic E-state index is 0.541. The molecule has 0 saturated heterocycles. The van der Waals surface area contributed by atoms with Crippen molar-refractivity contribution >= 4 is 23.7 Å². The van der Waals surface area contributed by atoms with Crippen LogP contribution in [0.1, 0.15) is 5.56 Å². The number of ether oxygens (including phenoxy) is 1. The summed E-state index contributed by atoms with van der Waals surface area (Å²) >= 11 is 0. The van der Waals surface area contributed by atoms with Crippen molar-refractivity contribution in [3.63, 3.8) is 0 Å². The third-order valence-electron chi connectivity index (χ3n) is 2.71. The van der Waals surface area contributed by atoms with Gasteiger partial charge >= 0.3 is 11.8 Å². The van der Waals surface area contributed by atoms with Crippen molar-refractivity contribution in [3.05, 3.63) is 60.2 Å². The molecule has 6 nitrogen and oxygen atoms in total. The Morgan fingerprint density at radius 1 is 1.05 bits per heavy atom. The molecule has 112 valence electrons. The van der Waals surface area contributed by atoms with Crippen LogP contribution in [0.25, 0.3) is 0 Å². The molecule has 0 aliphatic heterocycles. The maximum atomic E-state index is 11.6. The van der Waals surface area contributed by atoms with Crippen LogP contribution >= 0.6 is 0 Å². The molecule has 0 bridgehead atoms. The third-order valence-corrected chi connectivity index (χ3v) is 2.71. The number of carbonyl (C=O) groups excluding carboxylic acids is 2. The number of methoxy groups -OCH3 is 1. The molecule has 0 radical (unpaired) electrons. The summed E-state index contributed by atoms with van der Waals surface area (Å²) in [5.74, 6) is -0.950. The van der Waals surface area contributed by atoms with Gasteiger partial charge in [-0.05, 0) is 29.8 Å². The van der Waals surface area contributed by atoms with Crippen LogP contribution in [0.3, 0.4) is 0 Å². The average molecular weight is 297 g/mol. The van der Waals surface area contributed by atoms with E-state index >= 15 is 0 Å². The number of hydrazone groups is 1. The zero-order chi connectivity index (χ0) is 15.8. The highest BCUT2D eigenvalue weighted by molar-refractivity contribution is 6.39. The number of anilines is 1. The second-order valence-electron chi connectivity index (χ2n) is 4.30. The quantitative estimate of drug-likeness (QED) is 0.513. The molecule has 2 aromatic carbocycles. The van der Waals surface area contributed by atoms with E-state index in [1.54, 1.807) is 55.6 Å². The van der Waals surface area contributed by atoms with Gasteiger partial charge in [0.25, 0.3) is 0 Å². The Morgan fingerprint density at radius 2 is 1.82 bits per heavy atom. The van der Waals surface area contributed by atoms with Crippen LogP contribution in [0.15, 0.2) is 59.7 Å². The first-order chi connectivity index (χ1) is 10.7. The van der Waals surface area contributed by atoms with E-state index in [2.05, 4.69) is 15.8 Å². The Balaban J connectivity index is 1.89. The highest BCUT2D eigenvalue weighted by Gasteiger charge is 2.12. The molecular weight excluding hydrogens is 282 g/mol. The van der Waals surface area contributed by atoms with E-state index in [9.17, 15) is 9.59 Å². The Hall–Kier alpha value is -3.15. The highest BCUT2D eigenvalue weighted by Crippen LogP contribution is 2.10. The second kappa shape index (κ2) is 7.58. The molecule has 0 fully saturated rings. The summed E-state index contributed by atoms with van der Waals surface area (Å²) in [6.45, 7) is 0. The van der Waals surface area contributed by atoms with Crippen LogP contribution in [-0.2, 0) is 9.59 Å². The number of amides is 2. The highest BCUT2D eigenvalue weighted by atomic mass is 16.5. The zero-order valence-corrected chi connectivity index (χ0v) is 11.9. The zero-order valence-electron chi connectivity index (χ0n) is 11.9. The number of carbonyl (C=O) groups is 2. The summed E-state index contributed by atoms with van der Waals surface area (Å²) < 4.78 is 5.07. The van der Waals surface area contributed by atoms with Crippen LogP contribution in [0.2, 0.25) is 0 Å². The van der Waals surface area contributed by atoms with E-state index in [1.807, 2.05) is 6.07 Å². The van der Waals surface area contributed by atoms with Crippen LogP contribution in [-0.4, -0.2) is 25.1 Å². The van der Waals surface area contributed by atoms with Crippen molar-refractivity contribution in [2.24, 2.45) is 5.10 Å². The molecule has 2 rings (SSSR count). The number of rotatable bonds is 4. The van der Waals surface area contributed by atoms with Crippen molar-refractivity contribution in [1.82, 2.24) is 5.43 Å². The SMILES string of the molecule is COc1cccc(/C=N\NC(=O)C(=O)Nc2ccccc2)c1. The largest absolute Gasteiger partial charge is 0.497 e. The average Bonchev–Trinajstić information content (AvgIpc) is 2.56. The standard InChI is InChI=1S/C16H15N3O3/c1-22-14-9-5-6-12(10-14)11-17-19-16(21)15(20)18-13-7-3-2-4-8-13/h2-11H,1H3,(H,18,20)(H,19,21)/b17-11-. The van der Waals surface area contributed by atoms with Gasteiger partial charge in [-0.2, -0.15) is 5.10 Å². The van der Waals surface area contributed by atoms with Gasteiger partial charge in [0.2, 0.25) is 0 Å². The molecule has 0 aliphatic carbocycles. The van der Waals surface area contributed by atoms with E-state index in [-0.39, 0.29) is 0 Å². The van der Waals surface area contributed by atoms with Crippen molar-refractivity contribution in [2.75, 3.05) is 12.4 Å². The fourth-order valence-corrected chi connectivity index (χ4v) is 1.65. The minimum Gasteiger partial charge on any atom is -0.497 e. The number of hydrogen-bond acceptors (Lipinski definition) is 4. The number of benzene rings is 2. The monoisotopic (exact) mass is 297 g/mol. The predicted molar refractivity (Wildman–Crippen MR) is 83.8 cm³/mol. The number of nitrogens with one attached hydrogen (secondary N) is 2. The van der Waals surface area contributed by atoms with Gasteiger partial charge in [0.15, 0.2) is 0 Å². The van der Waals surface area contributed by atoms with Crippen LogP contribution in [0, 0.1) is 0 Å². The van der Waals surface area contributed by atoms with E-state index < -0.39 is 11.8 Å². The van der Waals surface area contributed by atoms with Crippen LogP contribution in [0.5, 0.6) is 5.75 Å². The summed E-state index contributed by atoms with van der Waals surface area (Å²) in [6, 6.07) is 15.8. The number of hydrogen-bond donors (Lipinski definition) is 2. The maximum absolute atomic E-state index is 11.6. The summed E-state index contributed by atoms with van der Waals surface area (Å²) in [5.41, 5.74) is 3.45. The first kappa shape index (κ1) is 15.2. The summed E-state index contributed by atoms with van der Waals surface area (Å²) in [7, 11) is 1.56. The van der Waals surface area contributed by atoms with Crippen LogP contribution in [0.4, 0.5) is 5.69 Å². The lowest BCUT2D eigenvalue weighted by Gasteiger charge is -2.03. The Kier molecular flexibility index (Phi) is 5.25. The third kappa shape index (κ3) is 4.45. The lowest BCUT2D eigenvalue weighted by atomic mass is 10.2. The molecule has 2 aromatic rings. The molecule has 2 N–H and O–H groups in total. The second-order valence-corrected chi connectivity index (χ2v) is 4.30. The molecule has 0 spiro atoms. The van der Waals surface area contributed by atoms with Gasteiger partial charge in [-0.25, -0.2) is 5.43 Å². The first-order valence-electron chi connectivity index (χ1n) is 6.52. The van der Waals surface area contributed by atoms with Gasteiger partial charge in [0.1, 0.15) is 5.75 Å². The van der Waals surface area contributed by atoms with Gasteiger partial charge < -0.3 is 10.1 Å². The molecule has 0 aliphatic rings. The predicted octanol–water partition coefficient (Wildman–Crippen LogP) is 1.78. The lowest BCUT2D eigenvalue weighted by Crippen LogP contribution is -2.32. The fourth-order valence-electron chi connectivity index (χ4n) is 1.65.